The van der Waals surface area contributed by atoms with Crippen LogP contribution in [0.4, 0.5) is 10.1 Å². The normalized spacial score (nSPS) is 17.2. The molecule has 1 unspecified atom stereocenters. The molecule has 0 saturated heterocycles. The standard InChI is InChI=1S/C29H33FN2O3S/c1-18-15-22(35-13-4-14-36(3,33)34)16-19(2)28(18)23-8-10-25(30)29-24(23)9-12-27(29)32-21-7-11-26(31-17-21)20-5-6-20/h7-8,10-11,15-17,20,27,32H,4-6,9,12-14H2,1-3H3. The molecule has 0 amide bonds. The highest BCUT2D eigenvalue weighted by atomic mass is 32.2. The van der Waals surface area contributed by atoms with E-state index >= 15 is 4.39 Å². The van der Waals surface area contributed by atoms with Crippen molar-refractivity contribution in [3.63, 3.8) is 0 Å². The number of aromatic nitrogens is 1. The van der Waals surface area contributed by atoms with Crippen molar-refractivity contribution in [1.82, 2.24) is 4.98 Å². The van der Waals surface area contributed by atoms with E-state index in [0.717, 1.165) is 63.4 Å². The van der Waals surface area contributed by atoms with Crippen molar-refractivity contribution < 1.29 is 17.5 Å². The third kappa shape index (κ3) is 5.41. The van der Waals surface area contributed by atoms with Crippen LogP contribution in [0.25, 0.3) is 11.1 Å². The zero-order valence-corrected chi connectivity index (χ0v) is 21.9. The predicted octanol–water partition coefficient (Wildman–Crippen LogP) is 6.29. The molecule has 36 heavy (non-hydrogen) atoms. The van der Waals surface area contributed by atoms with Crippen molar-refractivity contribution in [1.29, 1.82) is 0 Å². The Labute approximate surface area is 213 Å². The molecule has 5 rings (SSSR count). The van der Waals surface area contributed by atoms with Crippen LogP contribution in [0.1, 0.15) is 65.6 Å². The molecular weight excluding hydrogens is 475 g/mol. The molecule has 7 heteroatoms. The van der Waals surface area contributed by atoms with Gasteiger partial charge in [-0.1, -0.05) is 6.07 Å². The van der Waals surface area contributed by atoms with E-state index in [4.69, 9.17) is 4.74 Å². The first-order valence-electron chi connectivity index (χ1n) is 12.7. The molecule has 1 aromatic heterocycles. The Morgan fingerprint density at radius 1 is 1.08 bits per heavy atom. The molecule has 1 saturated carbocycles. The third-order valence-electron chi connectivity index (χ3n) is 7.16. The third-order valence-corrected chi connectivity index (χ3v) is 8.19. The second-order valence-electron chi connectivity index (χ2n) is 10.2. The molecule has 1 N–H and O–H groups in total. The van der Waals surface area contributed by atoms with E-state index < -0.39 is 9.84 Å². The summed E-state index contributed by atoms with van der Waals surface area (Å²) in [5.41, 5.74) is 8.15. The number of rotatable bonds is 9. The Morgan fingerprint density at radius 2 is 1.83 bits per heavy atom. The van der Waals surface area contributed by atoms with Crippen LogP contribution >= 0.6 is 0 Å². The Hall–Kier alpha value is -2.93. The first kappa shape index (κ1) is 24.8. The Balaban J connectivity index is 1.37. The number of nitrogens with zero attached hydrogens (tertiary/aromatic N) is 1. The molecule has 5 nitrogen and oxygen atoms in total. The lowest BCUT2D eigenvalue weighted by Gasteiger charge is -2.19. The molecule has 0 aliphatic heterocycles. The van der Waals surface area contributed by atoms with Gasteiger partial charge < -0.3 is 10.1 Å². The average Bonchev–Trinajstić information content (AvgIpc) is 3.58. The number of hydrogen-bond donors (Lipinski definition) is 1. The second-order valence-corrected chi connectivity index (χ2v) is 12.5. The van der Waals surface area contributed by atoms with Gasteiger partial charge in [0, 0.05) is 23.4 Å². The quantitative estimate of drug-likeness (QED) is 0.344. The van der Waals surface area contributed by atoms with Crippen LogP contribution in [0.5, 0.6) is 5.75 Å². The SMILES string of the molecule is Cc1cc(OCCCS(C)(=O)=O)cc(C)c1-c1ccc(F)c2c1CCC2Nc1ccc(C2CC2)nc1. The molecule has 1 heterocycles. The molecule has 1 fully saturated rings. The molecule has 190 valence electrons. The molecule has 0 spiro atoms. The highest BCUT2D eigenvalue weighted by Gasteiger charge is 2.30. The van der Waals surface area contributed by atoms with Crippen molar-refractivity contribution in [2.45, 2.75) is 57.9 Å². The maximum Gasteiger partial charge on any atom is 0.147 e. The van der Waals surface area contributed by atoms with Crippen LogP contribution in [-0.4, -0.2) is 32.0 Å². The Morgan fingerprint density at radius 3 is 2.47 bits per heavy atom. The number of nitrogens with one attached hydrogen (secondary N) is 1. The molecule has 2 aliphatic rings. The summed E-state index contributed by atoms with van der Waals surface area (Å²) in [6, 6.07) is 11.5. The highest BCUT2D eigenvalue weighted by Crippen LogP contribution is 2.43. The number of benzene rings is 2. The first-order valence-corrected chi connectivity index (χ1v) is 14.7. The second kappa shape index (κ2) is 9.85. The van der Waals surface area contributed by atoms with Gasteiger partial charge in [0.2, 0.25) is 0 Å². The maximum absolute atomic E-state index is 15.1. The summed E-state index contributed by atoms with van der Waals surface area (Å²) in [6.07, 6.45) is 7.63. The lowest BCUT2D eigenvalue weighted by Crippen LogP contribution is -2.09. The zero-order chi connectivity index (χ0) is 25.4. The molecule has 3 aromatic rings. The van der Waals surface area contributed by atoms with Gasteiger partial charge in [0.1, 0.15) is 21.4 Å². The van der Waals surface area contributed by atoms with E-state index in [0.29, 0.717) is 18.9 Å². The number of ether oxygens (including phenoxy) is 1. The number of halogens is 1. The van der Waals surface area contributed by atoms with Gasteiger partial charge in [-0.2, -0.15) is 0 Å². The van der Waals surface area contributed by atoms with E-state index in [1.165, 1.54) is 19.1 Å². The van der Waals surface area contributed by atoms with Crippen molar-refractivity contribution in [3.8, 4) is 16.9 Å². The summed E-state index contributed by atoms with van der Waals surface area (Å²) in [5, 5.41) is 3.52. The lowest BCUT2D eigenvalue weighted by molar-refractivity contribution is 0.317. The minimum atomic E-state index is -2.99. The molecular formula is C29H33FN2O3S. The fourth-order valence-corrected chi connectivity index (χ4v) is 5.99. The summed E-state index contributed by atoms with van der Waals surface area (Å²) >= 11 is 0. The van der Waals surface area contributed by atoms with Crippen molar-refractivity contribution in [2.24, 2.45) is 0 Å². The summed E-state index contributed by atoms with van der Waals surface area (Å²) < 4.78 is 43.6. The summed E-state index contributed by atoms with van der Waals surface area (Å²) in [4.78, 5) is 4.60. The van der Waals surface area contributed by atoms with E-state index in [9.17, 15) is 8.42 Å². The van der Waals surface area contributed by atoms with Gasteiger partial charge >= 0.3 is 0 Å². The topological polar surface area (TPSA) is 68.3 Å². The number of pyridine rings is 1. The molecule has 1 atom stereocenters. The van der Waals surface area contributed by atoms with Gasteiger partial charge in [0.05, 0.1) is 30.3 Å². The van der Waals surface area contributed by atoms with Gasteiger partial charge in [-0.05, 0) is 104 Å². The molecule has 2 aliphatic carbocycles. The van der Waals surface area contributed by atoms with Gasteiger partial charge in [-0.25, -0.2) is 12.8 Å². The Bertz CT molecular complexity index is 1360. The van der Waals surface area contributed by atoms with E-state index in [-0.39, 0.29) is 17.6 Å². The monoisotopic (exact) mass is 508 g/mol. The van der Waals surface area contributed by atoms with Gasteiger partial charge in [0.25, 0.3) is 0 Å². The van der Waals surface area contributed by atoms with Crippen LogP contribution in [0, 0.1) is 19.7 Å². The van der Waals surface area contributed by atoms with Crippen molar-refractivity contribution in [3.05, 3.63) is 76.4 Å². The van der Waals surface area contributed by atoms with Crippen LogP contribution in [-0.2, 0) is 16.3 Å². The summed E-state index contributed by atoms with van der Waals surface area (Å²) in [6.45, 7) is 4.43. The fourth-order valence-electron chi connectivity index (χ4n) is 5.35. The minimum Gasteiger partial charge on any atom is -0.494 e. The number of fused-ring (bicyclic) bond motifs is 1. The van der Waals surface area contributed by atoms with Crippen molar-refractivity contribution >= 4 is 15.5 Å². The number of anilines is 1. The van der Waals surface area contributed by atoms with Crippen LogP contribution in [0.3, 0.4) is 0 Å². The number of sulfone groups is 1. The summed E-state index contributed by atoms with van der Waals surface area (Å²) in [7, 11) is -2.99. The predicted molar refractivity (Wildman–Crippen MR) is 142 cm³/mol. The van der Waals surface area contributed by atoms with Gasteiger partial charge in [-0.3, -0.25) is 4.98 Å². The van der Waals surface area contributed by atoms with E-state index in [2.05, 4.69) is 22.4 Å². The molecule has 0 radical (unpaired) electrons. The molecule has 0 bridgehead atoms. The van der Waals surface area contributed by atoms with Gasteiger partial charge in [0.15, 0.2) is 0 Å². The number of hydrogen-bond acceptors (Lipinski definition) is 5. The largest absolute Gasteiger partial charge is 0.494 e. The van der Waals surface area contributed by atoms with Crippen molar-refractivity contribution in [2.75, 3.05) is 23.9 Å². The lowest BCUT2D eigenvalue weighted by atomic mass is 9.90. The fraction of sp³-hybridized carbons (Fsp3) is 0.414. The van der Waals surface area contributed by atoms with E-state index in [1.54, 1.807) is 6.07 Å². The van der Waals surface area contributed by atoms with Crippen LogP contribution in [0.2, 0.25) is 0 Å². The smallest absolute Gasteiger partial charge is 0.147 e. The highest BCUT2D eigenvalue weighted by molar-refractivity contribution is 7.90. The first-order chi connectivity index (χ1) is 17.2. The maximum atomic E-state index is 15.1. The Kier molecular flexibility index (Phi) is 6.77. The van der Waals surface area contributed by atoms with Crippen LogP contribution < -0.4 is 10.1 Å². The number of aryl methyl sites for hydroxylation is 2. The molecule has 2 aromatic carbocycles. The zero-order valence-electron chi connectivity index (χ0n) is 21.1. The average molecular weight is 509 g/mol. The van der Waals surface area contributed by atoms with E-state index in [1.807, 2.05) is 38.2 Å². The van der Waals surface area contributed by atoms with Crippen LogP contribution in [0.15, 0.2) is 42.6 Å². The van der Waals surface area contributed by atoms with Gasteiger partial charge in [-0.15, -0.1) is 0 Å². The minimum absolute atomic E-state index is 0.0911. The summed E-state index contributed by atoms with van der Waals surface area (Å²) in [5.74, 6) is 1.28.